The van der Waals surface area contributed by atoms with Gasteiger partial charge in [0.2, 0.25) is 11.7 Å². The smallest absolute Gasteiger partial charge is 0.416 e. The van der Waals surface area contributed by atoms with Gasteiger partial charge in [-0.05, 0) is 42.0 Å². The van der Waals surface area contributed by atoms with Gasteiger partial charge in [-0.3, -0.25) is 4.79 Å². The number of nitrogens with one attached hydrogen (secondary N) is 1. The summed E-state index contributed by atoms with van der Waals surface area (Å²) in [5.74, 6) is 0.493. The Bertz CT molecular complexity index is 1150. The SMILES string of the molecule is Cc1nc(COc2ccc(/C=C(/C#N)C(=O)Nc3cccc(C(F)(F)F)c3)cc2)no1. The average molecular weight is 428 g/mol. The van der Waals surface area contributed by atoms with E-state index in [-0.39, 0.29) is 17.9 Å². The molecular formula is C21H15F3N4O3. The molecule has 1 heterocycles. The lowest BCUT2D eigenvalue weighted by molar-refractivity contribution is -0.137. The third-order valence-electron chi connectivity index (χ3n) is 3.94. The number of alkyl halides is 3. The van der Waals surface area contributed by atoms with E-state index < -0.39 is 17.6 Å². The molecule has 3 aromatic rings. The third kappa shape index (κ3) is 5.93. The second-order valence-corrected chi connectivity index (χ2v) is 6.29. The Morgan fingerprint density at radius 1 is 1.26 bits per heavy atom. The first-order valence-electron chi connectivity index (χ1n) is 8.87. The number of ether oxygens (including phenoxy) is 1. The number of amides is 1. The Kier molecular flexibility index (Phi) is 6.35. The molecule has 0 radical (unpaired) electrons. The Morgan fingerprint density at radius 3 is 2.61 bits per heavy atom. The van der Waals surface area contributed by atoms with Crippen LogP contribution in [-0.2, 0) is 17.6 Å². The number of rotatable bonds is 6. The van der Waals surface area contributed by atoms with Crippen LogP contribution in [0.2, 0.25) is 0 Å². The first-order valence-corrected chi connectivity index (χ1v) is 8.87. The molecular weight excluding hydrogens is 413 g/mol. The number of hydrogen-bond acceptors (Lipinski definition) is 6. The predicted octanol–water partition coefficient (Wildman–Crippen LogP) is 4.52. The summed E-state index contributed by atoms with van der Waals surface area (Å²) in [6, 6.07) is 12.4. The van der Waals surface area contributed by atoms with Crippen molar-refractivity contribution in [3.8, 4) is 11.8 Å². The molecule has 158 valence electrons. The fourth-order valence-corrected chi connectivity index (χ4v) is 2.50. The fourth-order valence-electron chi connectivity index (χ4n) is 2.50. The largest absolute Gasteiger partial charge is 0.485 e. The maximum absolute atomic E-state index is 12.8. The van der Waals surface area contributed by atoms with Crippen molar-refractivity contribution < 1.29 is 27.2 Å². The van der Waals surface area contributed by atoms with Gasteiger partial charge in [-0.25, -0.2) is 0 Å². The number of carbonyl (C=O) groups excluding carboxylic acids is 1. The highest BCUT2D eigenvalue weighted by atomic mass is 19.4. The van der Waals surface area contributed by atoms with E-state index in [4.69, 9.17) is 9.26 Å². The molecule has 0 saturated heterocycles. The van der Waals surface area contributed by atoms with Gasteiger partial charge in [0.05, 0.1) is 5.56 Å². The van der Waals surface area contributed by atoms with Gasteiger partial charge < -0.3 is 14.6 Å². The first kappa shape index (κ1) is 21.6. The molecule has 10 heteroatoms. The molecule has 0 aliphatic heterocycles. The number of aryl methyl sites for hydroxylation is 1. The van der Waals surface area contributed by atoms with Crippen molar-refractivity contribution in [2.45, 2.75) is 19.7 Å². The Hall–Kier alpha value is -4.13. The molecule has 0 aliphatic rings. The number of anilines is 1. The summed E-state index contributed by atoms with van der Waals surface area (Å²) in [4.78, 5) is 16.3. The highest BCUT2D eigenvalue weighted by molar-refractivity contribution is 6.09. The molecule has 0 bridgehead atoms. The summed E-state index contributed by atoms with van der Waals surface area (Å²) in [5.41, 5.74) is -0.715. The van der Waals surface area contributed by atoms with Crippen LogP contribution in [0.3, 0.4) is 0 Å². The molecule has 0 atom stereocenters. The quantitative estimate of drug-likeness (QED) is 0.458. The summed E-state index contributed by atoms with van der Waals surface area (Å²) in [5, 5.41) is 15.3. The summed E-state index contributed by atoms with van der Waals surface area (Å²) in [7, 11) is 0. The fraction of sp³-hybridized carbons (Fsp3) is 0.143. The lowest BCUT2D eigenvalue weighted by atomic mass is 10.1. The normalized spacial score (nSPS) is 11.6. The average Bonchev–Trinajstić information content (AvgIpc) is 3.16. The summed E-state index contributed by atoms with van der Waals surface area (Å²) in [6.07, 6.45) is -3.23. The number of nitriles is 1. The monoisotopic (exact) mass is 428 g/mol. The van der Waals surface area contributed by atoms with Crippen molar-refractivity contribution in [2.75, 3.05) is 5.32 Å². The molecule has 1 amide bonds. The summed E-state index contributed by atoms with van der Waals surface area (Å²) < 4.78 is 48.8. The lowest BCUT2D eigenvalue weighted by Gasteiger charge is -2.09. The topological polar surface area (TPSA) is 101 Å². The van der Waals surface area contributed by atoms with Crippen molar-refractivity contribution >= 4 is 17.7 Å². The van der Waals surface area contributed by atoms with E-state index in [1.807, 2.05) is 0 Å². The van der Waals surface area contributed by atoms with Gasteiger partial charge in [0.15, 0.2) is 6.61 Å². The van der Waals surface area contributed by atoms with Crippen molar-refractivity contribution in [2.24, 2.45) is 0 Å². The van der Waals surface area contributed by atoms with Crippen LogP contribution >= 0.6 is 0 Å². The van der Waals surface area contributed by atoms with E-state index in [1.54, 1.807) is 37.3 Å². The molecule has 7 nitrogen and oxygen atoms in total. The second-order valence-electron chi connectivity index (χ2n) is 6.29. The number of hydrogen-bond donors (Lipinski definition) is 1. The van der Waals surface area contributed by atoms with Crippen LogP contribution in [-0.4, -0.2) is 16.0 Å². The van der Waals surface area contributed by atoms with Crippen LogP contribution in [0.15, 0.2) is 58.6 Å². The van der Waals surface area contributed by atoms with Gasteiger partial charge in [-0.15, -0.1) is 0 Å². The molecule has 3 rings (SSSR count). The van der Waals surface area contributed by atoms with E-state index >= 15 is 0 Å². The molecule has 2 aromatic carbocycles. The van der Waals surface area contributed by atoms with Gasteiger partial charge in [0.1, 0.15) is 17.4 Å². The van der Waals surface area contributed by atoms with E-state index in [2.05, 4.69) is 15.5 Å². The Morgan fingerprint density at radius 2 is 2.00 bits per heavy atom. The second kappa shape index (κ2) is 9.13. The van der Waals surface area contributed by atoms with Crippen molar-refractivity contribution in [3.05, 3.63) is 76.9 Å². The van der Waals surface area contributed by atoms with Crippen LogP contribution < -0.4 is 10.1 Å². The summed E-state index contributed by atoms with van der Waals surface area (Å²) >= 11 is 0. The first-order chi connectivity index (χ1) is 14.7. The molecule has 1 N–H and O–H groups in total. The minimum absolute atomic E-state index is 0.0681. The van der Waals surface area contributed by atoms with Crippen LogP contribution in [0.1, 0.15) is 22.8 Å². The lowest BCUT2D eigenvalue weighted by Crippen LogP contribution is -2.14. The third-order valence-corrected chi connectivity index (χ3v) is 3.94. The van der Waals surface area contributed by atoms with E-state index in [0.717, 1.165) is 12.1 Å². The molecule has 0 saturated carbocycles. The predicted molar refractivity (Wildman–Crippen MR) is 103 cm³/mol. The van der Waals surface area contributed by atoms with Crippen LogP contribution in [0.4, 0.5) is 18.9 Å². The zero-order chi connectivity index (χ0) is 22.4. The van der Waals surface area contributed by atoms with Crippen LogP contribution in [0.25, 0.3) is 6.08 Å². The standard InChI is InChI=1S/C21H15F3N4O3/c1-13-26-19(28-31-13)12-30-18-7-5-14(6-8-18)9-15(11-25)20(29)27-17-4-2-3-16(10-17)21(22,23)24/h2-10H,12H2,1H3,(H,27,29)/b15-9-. The zero-order valence-electron chi connectivity index (χ0n) is 16.1. The molecule has 31 heavy (non-hydrogen) atoms. The van der Waals surface area contributed by atoms with E-state index in [1.165, 1.54) is 18.2 Å². The molecule has 0 unspecified atom stereocenters. The Labute approximate surface area is 174 Å². The van der Waals surface area contributed by atoms with Crippen molar-refractivity contribution in [3.63, 3.8) is 0 Å². The number of nitrogens with zero attached hydrogens (tertiary/aromatic N) is 3. The van der Waals surface area contributed by atoms with E-state index in [9.17, 15) is 23.2 Å². The van der Waals surface area contributed by atoms with Gasteiger partial charge in [0.25, 0.3) is 5.91 Å². The maximum atomic E-state index is 12.8. The molecule has 0 aliphatic carbocycles. The highest BCUT2D eigenvalue weighted by Gasteiger charge is 2.30. The minimum atomic E-state index is -4.54. The molecule has 0 fully saturated rings. The minimum Gasteiger partial charge on any atom is -0.485 e. The molecule has 1 aromatic heterocycles. The van der Waals surface area contributed by atoms with Crippen molar-refractivity contribution in [1.82, 2.24) is 10.1 Å². The zero-order valence-corrected chi connectivity index (χ0v) is 16.1. The van der Waals surface area contributed by atoms with Gasteiger partial charge >= 0.3 is 6.18 Å². The summed E-state index contributed by atoms with van der Waals surface area (Å²) in [6.45, 7) is 1.77. The number of aromatic nitrogens is 2. The number of carbonyl (C=O) groups is 1. The highest BCUT2D eigenvalue weighted by Crippen LogP contribution is 2.30. The van der Waals surface area contributed by atoms with E-state index in [0.29, 0.717) is 23.0 Å². The maximum Gasteiger partial charge on any atom is 0.416 e. The number of halogens is 3. The van der Waals surface area contributed by atoms with Gasteiger partial charge in [0, 0.05) is 12.6 Å². The van der Waals surface area contributed by atoms with Crippen LogP contribution in [0, 0.1) is 18.3 Å². The Balaban J connectivity index is 1.66. The van der Waals surface area contributed by atoms with Gasteiger partial charge in [-0.2, -0.15) is 23.4 Å². The molecule has 0 spiro atoms. The van der Waals surface area contributed by atoms with Crippen LogP contribution in [0.5, 0.6) is 5.75 Å². The number of benzene rings is 2. The van der Waals surface area contributed by atoms with Gasteiger partial charge in [-0.1, -0.05) is 23.4 Å². The van der Waals surface area contributed by atoms with Crippen molar-refractivity contribution in [1.29, 1.82) is 5.26 Å².